The lowest BCUT2D eigenvalue weighted by Gasteiger charge is -2.01. The highest BCUT2D eigenvalue weighted by Crippen LogP contribution is 2.36. The van der Waals surface area contributed by atoms with Gasteiger partial charge < -0.3 is 5.11 Å². The number of thioether (sulfide) groups is 1. The Morgan fingerprint density at radius 1 is 1.58 bits per heavy atom. The van der Waals surface area contributed by atoms with Gasteiger partial charge in [0, 0.05) is 16.7 Å². The second-order valence-corrected chi connectivity index (χ2v) is 6.38. The van der Waals surface area contributed by atoms with Gasteiger partial charge in [0.15, 0.2) is 5.16 Å². The Morgan fingerprint density at radius 2 is 2.37 bits per heavy atom. The van der Waals surface area contributed by atoms with E-state index >= 15 is 0 Å². The van der Waals surface area contributed by atoms with Crippen molar-refractivity contribution in [3.8, 4) is 0 Å². The number of aromatic carboxylic acids is 1. The van der Waals surface area contributed by atoms with Crippen LogP contribution in [0.4, 0.5) is 0 Å². The molecule has 0 amide bonds. The van der Waals surface area contributed by atoms with Gasteiger partial charge in [0.05, 0.1) is 0 Å². The summed E-state index contributed by atoms with van der Waals surface area (Å²) in [5.74, 6) is -0.287. The molecule has 0 aliphatic heterocycles. The fraction of sp³-hybridized carbons (Fsp3) is 0.364. The van der Waals surface area contributed by atoms with Crippen LogP contribution in [-0.2, 0) is 5.75 Å². The third-order valence-electron chi connectivity index (χ3n) is 2.80. The molecule has 1 aliphatic rings. The fourth-order valence-corrected chi connectivity index (χ4v) is 3.66. The fourth-order valence-electron chi connectivity index (χ4n) is 1.75. The second-order valence-electron chi connectivity index (χ2n) is 4.27. The first-order valence-electron chi connectivity index (χ1n) is 5.77. The maximum atomic E-state index is 11.6. The Hall–Kier alpha value is -1.54. The average molecular weight is 297 g/mol. The zero-order valence-electron chi connectivity index (χ0n) is 9.83. The summed E-state index contributed by atoms with van der Waals surface area (Å²) in [4.78, 5) is 23.7. The molecule has 0 aromatic carbocycles. The van der Waals surface area contributed by atoms with Crippen molar-refractivity contribution in [3.05, 3.63) is 32.4 Å². The van der Waals surface area contributed by atoms with Crippen molar-refractivity contribution >= 4 is 29.1 Å². The Balaban J connectivity index is 1.72. The lowest BCUT2D eigenvalue weighted by molar-refractivity contribution is 0.0702. The summed E-state index contributed by atoms with van der Waals surface area (Å²) in [6.07, 6.45) is 2.05. The molecule has 0 radical (unpaired) electrons. The van der Waals surface area contributed by atoms with E-state index in [0.717, 1.165) is 17.7 Å². The number of thiophene rings is 1. The number of rotatable bonds is 5. The van der Waals surface area contributed by atoms with E-state index in [9.17, 15) is 9.59 Å². The van der Waals surface area contributed by atoms with Crippen molar-refractivity contribution in [1.82, 2.24) is 14.8 Å². The zero-order valence-corrected chi connectivity index (χ0v) is 11.5. The Kier molecular flexibility index (Phi) is 3.19. The molecule has 0 spiro atoms. The van der Waals surface area contributed by atoms with E-state index in [1.807, 2.05) is 0 Å². The standard InChI is InChI=1S/C11H11N3O3S2/c15-9(16)8-4-3-7(19-8)5-18-11-13-12-10(17)14(11)6-1-2-6/h3-4,6H,1-2,5H2,(H,12,17)(H,15,16). The van der Waals surface area contributed by atoms with Crippen molar-refractivity contribution < 1.29 is 9.90 Å². The van der Waals surface area contributed by atoms with Crippen LogP contribution < -0.4 is 5.69 Å². The predicted molar refractivity (Wildman–Crippen MR) is 72.0 cm³/mol. The SMILES string of the molecule is O=C(O)c1ccc(CSc2n[nH]c(=O)n2C2CC2)s1. The van der Waals surface area contributed by atoms with E-state index in [0.29, 0.717) is 15.8 Å². The molecule has 2 heterocycles. The van der Waals surface area contributed by atoms with Crippen LogP contribution in [0.15, 0.2) is 22.1 Å². The Labute approximate surface area is 116 Å². The van der Waals surface area contributed by atoms with Crippen LogP contribution in [0.25, 0.3) is 0 Å². The summed E-state index contributed by atoms with van der Waals surface area (Å²) >= 11 is 2.70. The third kappa shape index (κ3) is 2.59. The van der Waals surface area contributed by atoms with Gasteiger partial charge in [-0.1, -0.05) is 11.8 Å². The summed E-state index contributed by atoms with van der Waals surface area (Å²) in [7, 11) is 0. The van der Waals surface area contributed by atoms with Gasteiger partial charge in [0.2, 0.25) is 0 Å². The Morgan fingerprint density at radius 3 is 3.00 bits per heavy atom. The number of nitrogens with zero attached hydrogens (tertiary/aromatic N) is 2. The van der Waals surface area contributed by atoms with Crippen molar-refractivity contribution in [3.63, 3.8) is 0 Å². The van der Waals surface area contributed by atoms with E-state index in [4.69, 9.17) is 5.11 Å². The summed E-state index contributed by atoms with van der Waals surface area (Å²) in [5, 5.41) is 16.0. The molecule has 0 saturated heterocycles. The first-order valence-corrected chi connectivity index (χ1v) is 7.57. The van der Waals surface area contributed by atoms with Crippen LogP contribution in [0, 0.1) is 0 Å². The molecule has 1 fully saturated rings. The third-order valence-corrected chi connectivity index (χ3v) is 5.06. The van der Waals surface area contributed by atoms with Crippen LogP contribution in [0.3, 0.4) is 0 Å². The van der Waals surface area contributed by atoms with Crippen molar-refractivity contribution in [2.75, 3.05) is 0 Å². The largest absolute Gasteiger partial charge is 0.477 e. The van der Waals surface area contributed by atoms with Gasteiger partial charge in [-0.25, -0.2) is 14.7 Å². The molecule has 19 heavy (non-hydrogen) atoms. The molecule has 0 atom stereocenters. The molecule has 0 bridgehead atoms. The monoisotopic (exact) mass is 297 g/mol. The normalized spacial score (nSPS) is 14.7. The highest BCUT2D eigenvalue weighted by molar-refractivity contribution is 7.98. The maximum Gasteiger partial charge on any atom is 0.345 e. The highest BCUT2D eigenvalue weighted by atomic mass is 32.2. The number of aromatic nitrogens is 3. The van der Waals surface area contributed by atoms with Gasteiger partial charge in [-0.05, 0) is 25.0 Å². The molecule has 0 unspecified atom stereocenters. The van der Waals surface area contributed by atoms with Gasteiger partial charge in [0.25, 0.3) is 0 Å². The van der Waals surface area contributed by atoms with E-state index in [2.05, 4.69) is 10.2 Å². The summed E-state index contributed by atoms with van der Waals surface area (Å²) in [6, 6.07) is 3.68. The Bertz CT molecular complexity index is 669. The molecule has 2 aromatic heterocycles. The lowest BCUT2D eigenvalue weighted by Crippen LogP contribution is -2.16. The van der Waals surface area contributed by atoms with Crippen LogP contribution in [0.5, 0.6) is 0 Å². The van der Waals surface area contributed by atoms with Crippen molar-refractivity contribution in [2.24, 2.45) is 0 Å². The molecule has 6 nitrogen and oxygen atoms in total. The van der Waals surface area contributed by atoms with Gasteiger partial charge in [-0.15, -0.1) is 16.4 Å². The van der Waals surface area contributed by atoms with E-state index in [1.54, 1.807) is 16.7 Å². The number of hydrogen-bond acceptors (Lipinski definition) is 5. The molecule has 3 rings (SSSR count). The van der Waals surface area contributed by atoms with Crippen LogP contribution in [-0.4, -0.2) is 25.8 Å². The molecular weight excluding hydrogens is 286 g/mol. The van der Waals surface area contributed by atoms with Gasteiger partial charge in [0.1, 0.15) is 4.88 Å². The topological polar surface area (TPSA) is 88.0 Å². The van der Waals surface area contributed by atoms with Crippen LogP contribution in [0.1, 0.15) is 33.4 Å². The quantitative estimate of drug-likeness (QED) is 0.824. The van der Waals surface area contributed by atoms with E-state index in [-0.39, 0.29) is 11.7 Å². The number of H-pyrrole nitrogens is 1. The number of nitrogens with one attached hydrogen (secondary N) is 1. The molecule has 1 saturated carbocycles. The van der Waals surface area contributed by atoms with Crippen LogP contribution >= 0.6 is 23.1 Å². The van der Waals surface area contributed by atoms with E-state index in [1.165, 1.54) is 23.1 Å². The van der Waals surface area contributed by atoms with Crippen LogP contribution in [0.2, 0.25) is 0 Å². The van der Waals surface area contributed by atoms with Gasteiger partial charge in [-0.3, -0.25) is 4.57 Å². The van der Waals surface area contributed by atoms with Crippen molar-refractivity contribution in [1.29, 1.82) is 0 Å². The van der Waals surface area contributed by atoms with Gasteiger partial charge in [-0.2, -0.15) is 0 Å². The van der Waals surface area contributed by atoms with E-state index < -0.39 is 5.97 Å². The van der Waals surface area contributed by atoms with Gasteiger partial charge >= 0.3 is 11.7 Å². The predicted octanol–water partition coefficient (Wildman–Crippen LogP) is 1.96. The first-order chi connectivity index (χ1) is 9.15. The minimum absolute atomic E-state index is 0.164. The second kappa shape index (κ2) is 4.86. The molecule has 1 aliphatic carbocycles. The highest BCUT2D eigenvalue weighted by Gasteiger charge is 2.28. The molecule has 100 valence electrons. The zero-order chi connectivity index (χ0) is 13.4. The summed E-state index contributed by atoms with van der Waals surface area (Å²) in [6.45, 7) is 0. The minimum atomic E-state index is -0.907. The summed E-state index contributed by atoms with van der Waals surface area (Å²) in [5.41, 5.74) is -0.164. The van der Waals surface area contributed by atoms with Crippen molar-refractivity contribution in [2.45, 2.75) is 29.8 Å². The molecule has 2 aromatic rings. The molecule has 8 heteroatoms. The maximum absolute atomic E-state index is 11.6. The number of carbonyl (C=O) groups is 1. The minimum Gasteiger partial charge on any atom is -0.477 e. The number of aromatic amines is 1. The summed E-state index contributed by atoms with van der Waals surface area (Å²) < 4.78 is 1.69. The first kappa shape index (κ1) is 12.5. The lowest BCUT2D eigenvalue weighted by atomic mass is 10.4. The smallest absolute Gasteiger partial charge is 0.345 e. The molecule has 2 N–H and O–H groups in total. The number of carboxylic acids is 1. The average Bonchev–Trinajstić information content (AvgIpc) is 2.97. The molecular formula is C11H11N3O3S2. The number of hydrogen-bond donors (Lipinski definition) is 2. The number of carboxylic acid groups (broad SMARTS) is 1.